The highest BCUT2D eigenvalue weighted by Gasteiger charge is 2.26. The lowest BCUT2D eigenvalue weighted by Crippen LogP contribution is -2.40. The normalized spacial score (nSPS) is 14.9. The number of hydrogen-bond acceptors (Lipinski definition) is 5. The Morgan fingerprint density at radius 3 is 2.64 bits per heavy atom. The Balaban J connectivity index is 1.80. The molecule has 1 aliphatic heterocycles. The van der Waals surface area contributed by atoms with Gasteiger partial charge in [0.15, 0.2) is 11.3 Å². The zero-order valence-electron chi connectivity index (χ0n) is 15.7. The number of fused-ring (bicyclic) bond motifs is 3. The Morgan fingerprint density at radius 2 is 1.93 bits per heavy atom. The van der Waals surface area contributed by atoms with Gasteiger partial charge < -0.3 is 18.8 Å². The molecule has 1 aromatic carbocycles. The van der Waals surface area contributed by atoms with Gasteiger partial charge in [0.1, 0.15) is 5.82 Å². The van der Waals surface area contributed by atoms with Crippen LogP contribution < -0.4 is 0 Å². The van der Waals surface area contributed by atoms with Crippen molar-refractivity contribution in [1.82, 2.24) is 9.47 Å². The number of carbonyl (C=O) groups is 2. The number of ether oxygens (including phenoxy) is 2. The smallest absolute Gasteiger partial charge is 0.419 e. The van der Waals surface area contributed by atoms with Crippen molar-refractivity contribution in [3.63, 3.8) is 0 Å². The average Bonchev–Trinajstić information content (AvgIpc) is 3.22. The molecule has 4 rings (SSSR count). The maximum absolute atomic E-state index is 13.8. The van der Waals surface area contributed by atoms with Crippen LogP contribution in [0.3, 0.4) is 0 Å². The lowest BCUT2D eigenvalue weighted by molar-refractivity contribution is 0.0284. The fourth-order valence-corrected chi connectivity index (χ4v) is 3.28. The van der Waals surface area contributed by atoms with Gasteiger partial charge in [0, 0.05) is 24.5 Å². The Labute approximate surface area is 160 Å². The topological polar surface area (TPSA) is 73.9 Å². The lowest BCUT2D eigenvalue weighted by Gasteiger charge is -2.25. The number of halogens is 1. The summed E-state index contributed by atoms with van der Waals surface area (Å²) in [7, 11) is 0. The molecular weight excluding hydrogens is 367 g/mol. The first kappa shape index (κ1) is 18.5. The Bertz CT molecular complexity index is 1050. The van der Waals surface area contributed by atoms with Crippen molar-refractivity contribution in [2.24, 2.45) is 5.92 Å². The summed E-state index contributed by atoms with van der Waals surface area (Å²) in [6, 6.07) is 5.59. The summed E-state index contributed by atoms with van der Waals surface area (Å²) in [5.41, 5.74) is 1.08. The van der Waals surface area contributed by atoms with E-state index in [1.165, 1.54) is 28.8 Å². The second-order valence-electron chi connectivity index (χ2n) is 7.20. The van der Waals surface area contributed by atoms with Crippen LogP contribution in [0.2, 0.25) is 0 Å². The molecule has 3 heterocycles. The molecule has 1 fully saturated rings. The van der Waals surface area contributed by atoms with E-state index in [-0.39, 0.29) is 24.2 Å². The number of amides is 1. The van der Waals surface area contributed by atoms with E-state index in [4.69, 9.17) is 13.9 Å². The maximum atomic E-state index is 13.8. The van der Waals surface area contributed by atoms with E-state index in [1.54, 1.807) is 4.90 Å². The molecule has 0 radical (unpaired) electrons. The van der Waals surface area contributed by atoms with Gasteiger partial charge in [-0.2, -0.15) is 0 Å². The van der Waals surface area contributed by atoms with Gasteiger partial charge >= 0.3 is 6.09 Å². The van der Waals surface area contributed by atoms with Gasteiger partial charge in [-0.25, -0.2) is 13.8 Å². The van der Waals surface area contributed by atoms with E-state index in [1.807, 2.05) is 13.8 Å². The fraction of sp³-hybridized carbons (Fsp3) is 0.400. The van der Waals surface area contributed by atoms with Crippen molar-refractivity contribution >= 4 is 34.0 Å². The van der Waals surface area contributed by atoms with Crippen LogP contribution in [0, 0.1) is 11.7 Å². The molecule has 1 amide bonds. The molecule has 0 saturated carbocycles. The third-order valence-electron chi connectivity index (χ3n) is 4.63. The maximum Gasteiger partial charge on any atom is 0.419 e. The highest BCUT2D eigenvalue weighted by atomic mass is 19.1. The molecular formula is C20H21FN2O5. The Morgan fingerprint density at radius 1 is 1.18 bits per heavy atom. The second-order valence-corrected chi connectivity index (χ2v) is 7.20. The standard InChI is InChI=1S/C20H21FN2O5/c1-12(2)11-27-20(25)23-15-9-13(21)3-4-14(15)18-16(23)10-17(28-18)19(24)22-5-7-26-8-6-22/h3-4,9-10,12H,5-8,11H2,1-2H3. The van der Waals surface area contributed by atoms with E-state index in [0.29, 0.717) is 48.3 Å². The summed E-state index contributed by atoms with van der Waals surface area (Å²) in [4.78, 5) is 27.1. The molecule has 28 heavy (non-hydrogen) atoms. The first-order valence-corrected chi connectivity index (χ1v) is 9.23. The minimum absolute atomic E-state index is 0.128. The number of morpholine rings is 1. The van der Waals surface area contributed by atoms with Crippen LogP contribution in [0.25, 0.3) is 22.0 Å². The number of nitrogens with zero attached hydrogens (tertiary/aromatic N) is 2. The molecule has 8 heteroatoms. The van der Waals surface area contributed by atoms with Crippen molar-refractivity contribution in [3.05, 3.63) is 35.8 Å². The van der Waals surface area contributed by atoms with Gasteiger partial charge in [0.05, 0.1) is 30.9 Å². The molecule has 0 spiro atoms. The molecule has 3 aromatic rings. The first-order valence-electron chi connectivity index (χ1n) is 9.23. The van der Waals surface area contributed by atoms with Crippen LogP contribution in [0.15, 0.2) is 28.7 Å². The molecule has 1 aliphatic rings. The largest absolute Gasteiger partial charge is 0.449 e. The number of benzene rings is 1. The number of aromatic nitrogens is 1. The van der Waals surface area contributed by atoms with Gasteiger partial charge in [-0.1, -0.05) is 13.8 Å². The number of hydrogen-bond donors (Lipinski definition) is 0. The van der Waals surface area contributed by atoms with Crippen LogP contribution in [-0.4, -0.2) is 54.4 Å². The van der Waals surface area contributed by atoms with Gasteiger partial charge in [0.2, 0.25) is 0 Å². The van der Waals surface area contributed by atoms with E-state index in [2.05, 4.69) is 0 Å². The van der Waals surface area contributed by atoms with Crippen LogP contribution >= 0.6 is 0 Å². The number of furan rings is 1. The molecule has 148 valence electrons. The Hall–Kier alpha value is -2.87. The van der Waals surface area contributed by atoms with Crippen molar-refractivity contribution in [1.29, 1.82) is 0 Å². The van der Waals surface area contributed by atoms with Gasteiger partial charge in [-0.3, -0.25) is 4.79 Å². The molecule has 1 saturated heterocycles. The van der Waals surface area contributed by atoms with Crippen LogP contribution in [0.1, 0.15) is 24.4 Å². The minimum atomic E-state index is -0.634. The monoisotopic (exact) mass is 388 g/mol. The van der Waals surface area contributed by atoms with E-state index in [0.717, 1.165) is 0 Å². The highest BCUT2D eigenvalue weighted by Crippen LogP contribution is 2.33. The quantitative estimate of drug-likeness (QED) is 0.685. The number of rotatable bonds is 3. The Kier molecular flexibility index (Phi) is 4.80. The predicted molar refractivity (Wildman–Crippen MR) is 100.0 cm³/mol. The zero-order valence-corrected chi connectivity index (χ0v) is 15.7. The lowest BCUT2D eigenvalue weighted by atomic mass is 10.2. The van der Waals surface area contributed by atoms with Gasteiger partial charge in [0.25, 0.3) is 5.91 Å². The van der Waals surface area contributed by atoms with E-state index in [9.17, 15) is 14.0 Å². The molecule has 7 nitrogen and oxygen atoms in total. The molecule has 0 unspecified atom stereocenters. The van der Waals surface area contributed by atoms with E-state index < -0.39 is 11.9 Å². The SMILES string of the molecule is CC(C)COC(=O)n1c2cc(F)ccc2c2oc(C(=O)N3CCOCC3)cc21. The summed E-state index contributed by atoms with van der Waals surface area (Å²) in [5.74, 6) is -0.462. The zero-order chi connectivity index (χ0) is 19.8. The van der Waals surface area contributed by atoms with Gasteiger partial charge in [-0.05, 0) is 24.1 Å². The molecule has 2 aromatic heterocycles. The van der Waals surface area contributed by atoms with Crippen molar-refractivity contribution in [3.8, 4) is 0 Å². The third kappa shape index (κ3) is 3.24. The van der Waals surface area contributed by atoms with Crippen molar-refractivity contribution < 1.29 is 27.9 Å². The molecule has 0 bridgehead atoms. The molecule has 0 N–H and O–H groups in total. The minimum Gasteiger partial charge on any atom is -0.449 e. The fourth-order valence-electron chi connectivity index (χ4n) is 3.28. The van der Waals surface area contributed by atoms with Crippen LogP contribution in [0.5, 0.6) is 0 Å². The number of carbonyl (C=O) groups excluding carboxylic acids is 2. The highest BCUT2D eigenvalue weighted by molar-refractivity contribution is 6.11. The first-order chi connectivity index (χ1) is 13.5. The van der Waals surface area contributed by atoms with Crippen LogP contribution in [0.4, 0.5) is 9.18 Å². The molecule has 0 atom stereocenters. The van der Waals surface area contributed by atoms with Crippen LogP contribution in [-0.2, 0) is 9.47 Å². The summed E-state index contributed by atoms with van der Waals surface area (Å²) in [6.45, 7) is 5.98. The van der Waals surface area contributed by atoms with Crippen molar-refractivity contribution in [2.75, 3.05) is 32.9 Å². The summed E-state index contributed by atoms with van der Waals surface area (Å²) >= 11 is 0. The summed E-state index contributed by atoms with van der Waals surface area (Å²) in [6.07, 6.45) is -0.634. The summed E-state index contributed by atoms with van der Waals surface area (Å²) < 4.78 is 31.5. The van der Waals surface area contributed by atoms with Crippen molar-refractivity contribution in [2.45, 2.75) is 13.8 Å². The average molecular weight is 388 g/mol. The second kappa shape index (κ2) is 7.27. The predicted octanol–water partition coefficient (Wildman–Crippen LogP) is 3.64. The molecule has 0 aliphatic carbocycles. The summed E-state index contributed by atoms with van der Waals surface area (Å²) in [5, 5.41) is 0.541. The van der Waals surface area contributed by atoms with Gasteiger partial charge in [-0.15, -0.1) is 0 Å². The van der Waals surface area contributed by atoms with E-state index >= 15 is 0 Å². The third-order valence-corrected chi connectivity index (χ3v) is 4.63.